The summed E-state index contributed by atoms with van der Waals surface area (Å²) in [5.41, 5.74) is 3.72. The third-order valence-corrected chi connectivity index (χ3v) is 3.45. The molecule has 0 unspecified atom stereocenters. The Balaban J connectivity index is 2.16. The van der Waals surface area contributed by atoms with Gasteiger partial charge in [-0.05, 0) is 37.3 Å². The average Bonchev–Trinajstić information content (AvgIpc) is 2.59. The van der Waals surface area contributed by atoms with Crippen LogP contribution in [0.4, 0.5) is 5.69 Å². The maximum Gasteiger partial charge on any atom is 0.271 e. The van der Waals surface area contributed by atoms with E-state index in [1.807, 2.05) is 0 Å². The highest BCUT2D eigenvalue weighted by Crippen LogP contribution is 2.23. The van der Waals surface area contributed by atoms with Crippen LogP contribution >= 0.6 is 11.6 Å². The second-order valence-corrected chi connectivity index (χ2v) is 5.22. The number of hydrogen-bond acceptors (Lipinski definition) is 5. The van der Waals surface area contributed by atoms with Crippen LogP contribution in [0, 0.1) is 10.1 Å². The summed E-state index contributed by atoms with van der Waals surface area (Å²) in [5, 5.41) is 15.1. The third kappa shape index (κ3) is 4.08. The Morgan fingerprint density at radius 2 is 1.92 bits per heavy atom. The molecule has 8 heteroatoms. The molecule has 0 bridgehead atoms. The van der Waals surface area contributed by atoms with Crippen LogP contribution in [0.25, 0.3) is 0 Å². The van der Waals surface area contributed by atoms with E-state index < -0.39 is 10.8 Å². The van der Waals surface area contributed by atoms with Crippen molar-refractivity contribution in [2.24, 2.45) is 5.10 Å². The van der Waals surface area contributed by atoms with Gasteiger partial charge in [-0.15, -0.1) is 0 Å². The lowest BCUT2D eigenvalue weighted by molar-refractivity contribution is -0.384. The Morgan fingerprint density at radius 3 is 2.50 bits per heavy atom. The standard InChI is InChI=1S/C16H14ClN3O4/c1-10(14-9-12(17)5-8-15(14)24-2)18-19-16(21)11-3-6-13(7-4-11)20(22)23/h3-9H,1-2H3,(H,19,21)/b18-10-. The molecule has 0 saturated carbocycles. The molecule has 0 atom stereocenters. The fraction of sp³-hybridized carbons (Fsp3) is 0.125. The number of nitro benzene ring substituents is 1. The summed E-state index contributed by atoms with van der Waals surface area (Å²) in [4.78, 5) is 22.1. The van der Waals surface area contributed by atoms with Gasteiger partial charge in [0.05, 0.1) is 17.7 Å². The van der Waals surface area contributed by atoms with Gasteiger partial charge in [-0.3, -0.25) is 14.9 Å². The van der Waals surface area contributed by atoms with Gasteiger partial charge in [0.15, 0.2) is 0 Å². The van der Waals surface area contributed by atoms with E-state index >= 15 is 0 Å². The van der Waals surface area contributed by atoms with Gasteiger partial charge in [0.2, 0.25) is 0 Å². The first-order valence-electron chi connectivity index (χ1n) is 6.85. The SMILES string of the molecule is COc1ccc(Cl)cc1/C(C)=N\NC(=O)c1ccc([N+](=O)[O-])cc1. The quantitative estimate of drug-likeness (QED) is 0.509. The largest absolute Gasteiger partial charge is 0.496 e. The number of benzene rings is 2. The molecule has 1 N–H and O–H groups in total. The minimum atomic E-state index is -0.532. The van der Waals surface area contributed by atoms with E-state index in [0.717, 1.165) is 0 Å². The molecule has 2 aromatic rings. The summed E-state index contributed by atoms with van der Waals surface area (Å²) in [6, 6.07) is 10.3. The molecule has 0 saturated heterocycles. The van der Waals surface area contributed by atoms with Crippen LogP contribution in [0.3, 0.4) is 0 Å². The van der Waals surface area contributed by atoms with Crippen LogP contribution in [0.1, 0.15) is 22.8 Å². The lowest BCUT2D eigenvalue weighted by Crippen LogP contribution is -2.19. The zero-order valence-electron chi connectivity index (χ0n) is 12.9. The highest BCUT2D eigenvalue weighted by molar-refractivity contribution is 6.31. The molecule has 7 nitrogen and oxygen atoms in total. The maximum absolute atomic E-state index is 12.0. The lowest BCUT2D eigenvalue weighted by Gasteiger charge is -2.09. The minimum Gasteiger partial charge on any atom is -0.496 e. The summed E-state index contributed by atoms with van der Waals surface area (Å²) < 4.78 is 5.23. The first-order chi connectivity index (χ1) is 11.4. The van der Waals surface area contributed by atoms with Crippen molar-refractivity contribution in [2.45, 2.75) is 6.92 Å². The van der Waals surface area contributed by atoms with Crippen molar-refractivity contribution < 1.29 is 14.5 Å². The van der Waals surface area contributed by atoms with Gasteiger partial charge in [-0.25, -0.2) is 5.43 Å². The number of halogens is 1. The number of carbonyl (C=O) groups excluding carboxylic acids is 1. The van der Waals surface area contributed by atoms with Crippen LogP contribution in [-0.4, -0.2) is 23.7 Å². The van der Waals surface area contributed by atoms with E-state index in [1.54, 1.807) is 25.1 Å². The van der Waals surface area contributed by atoms with Crippen molar-refractivity contribution in [2.75, 3.05) is 7.11 Å². The van der Waals surface area contributed by atoms with Crippen molar-refractivity contribution in [3.63, 3.8) is 0 Å². The predicted molar refractivity (Wildman–Crippen MR) is 90.8 cm³/mol. The summed E-state index contributed by atoms with van der Waals surface area (Å²) in [6.07, 6.45) is 0. The number of nitrogens with one attached hydrogen (secondary N) is 1. The molecule has 2 rings (SSSR count). The molecule has 0 aliphatic rings. The number of ether oxygens (including phenoxy) is 1. The molecule has 1 amide bonds. The van der Waals surface area contributed by atoms with Crippen molar-refractivity contribution in [1.29, 1.82) is 0 Å². The van der Waals surface area contributed by atoms with Crippen molar-refractivity contribution in [3.8, 4) is 5.75 Å². The number of hydrazone groups is 1. The molecule has 0 aliphatic heterocycles. The van der Waals surface area contributed by atoms with Gasteiger partial charge in [0, 0.05) is 28.3 Å². The molecule has 0 spiro atoms. The van der Waals surface area contributed by atoms with E-state index in [1.165, 1.54) is 31.4 Å². The Hall–Kier alpha value is -2.93. The minimum absolute atomic E-state index is 0.0881. The Labute approximate surface area is 143 Å². The van der Waals surface area contributed by atoms with E-state index in [-0.39, 0.29) is 11.3 Å². The van der Waals surface area contributed by atoms with Crippen LogP contribution in [0.15, 0.2) is 47.6 Å². The van der Waals surface area contributed by atoms with E-state index in [4.69, 9.17) is 16.3 Å². The Bertz CT molecular complexity index is 803. The van der Waals surface area contributed by atoms with Crippen LogP contribution < -0.4 is 10.2 Å². The first kappa shape index (κ1) is 17.4. The molecule has 0 fully saturated rings. The highest BCUT2D eigenvalue weighted by atomic mass is 35.5. The third-order valence-electron chi connectivity index (χ3n) is 3.22. The molecular formula is C16H14ClN3O4. The number of nitrogens with zero attached hydrogens (tertiary/aromatic N) is 2. The molecule has 2 aromatic carbocycles. The molecule has 0 aromatic heterocycles. The smallest absolute Gasteiger partial charge is 0.271 e. The average molecular weight is 348 g/mol. The maximum atomic E-state index is 12.0. The normalized spacial score (nSPS) is 11.0. The van der Waals surface area contributed by atoms with E-state index in [9.17, 15) is 14.9 Å². The first-order valence-corrected chi connectivity index (χ1v) is 7.23. The van der Waals surface area contributed by atoms with Gasteiger partial charge in [-0.1, -0.05) is 11.6 Å². The molecule has 0 heterocycles. The summed E-state index contributed by atoms with van der Waals surface area (Å²) >= 11 is 5.96. The van der Waals surface area contributed by atoms with Crippen LogP contribution in [-0.2, 0) is 0 Å². The van der Waals surface area contributed by atoms with Gasteiger partial charge >= 0.3 is 0 Å². The fourth-order valence-corrected chi connectivity index (χ4v) is 2.13. The number of rotatable bonds is 5. The number of carbonyl (C=O) groups is 1. The zero-order chi connectivity index (χ0) is 17.7. The second-order valence-electron chi connectivity index (χ2n) is 4.79. The molecule has 0 aliphatic carbocycles. The number of nitro groups is 1. The molecule has 0 radical (unpaired) electrons. The lowest BCUT2D eigenvalue weighted by atomic mass is 10.1. The molecule has 124 valence electrons. The van der Waals surface area contributed by atoms with Gasteiger partial charge in [0.1, 0.15) is 5.75 Å². The predicted octanol–water partition coefficient (Wildman–Crippen LogP) is 3.41. The highest BCUT2D eigenvalue weighted by Gasteiger charge is 2.11. The summed E-state index contributed by atoms with van der Waals surface area (Å²) in [7, 11) is 1.52. The van der Waals surface area contributed by atoms with E-state index in [2.05, 4.69) is 10.5 Å². The number of hydrogen-bond donors (Lipinski definition) is 1. The molecular weight excluding hydrogens is 334 g/mol. The molecule has 24 heavy (non-hydrogen) atoms. The van der Waals surface area contributed by atoms with Crippen molar-refractivity contribution in [1.82, 2.24) is 5.43 Å². The van der Waals surface area contributed by atoms with Crippen molar-refractivity contribution >= 4 is 28.9 Å². The van der Waals surface area contributed by atoms with Crippen molar-refractivity contribution in [3.05, 3.63) is 68.7 Å². The van der Waals surface area contributed by atoms with Gasteiger partial charge in [-0.2, -0.15) is 5.10 Å². The summed E-state index contributed by atoms with van der Waals surface area (Å²) in [5.74, 6) is 0.0930. The van der Waals surface area contributed by atoms with E-state index in [0.29, 0.717) is 22.0 Å². The summed E-state index contributed by atoms with van der Waals surface area (Å²) in [6.45, 7) is 1.70. The number of methoxy groups -OCH3 is 1. The van der Waals surface area contributed by atoms with Gasteiger partial charge < -0.3 is 4.74 Å². The van der Waals surface area contributed by atoms with Gasteiger partial charge in [0.25, 0.3) is 11.6 Å². The topological polar surface area (TPSA) is 93.8 Å². The monoisotopic (exact) mass is 347 g/mol. The number of non-ortho nitro benzene ring substituents is 1. The fourth-order valence-electron chi connectivity index (χ4n) is 1.96. The Kier molecular flexibility index (Phi) is 5.49. The zero-order valence-corrected chi connectivity index (χ0v) is 13.7. The van der Waals surface area contributed by atoms with Crippen LogP contribution in [0.5, 0.6) is 5.75 Å². The second kappa shape index (κ2) is 7.56. The Morgan fingerprint density at radius 1 is 1.25 bits per heavy atom. The number of amides is 1. The van der Waals surface area contributed by atoms with Crippen LogP contribution in [0.2, 0.25) is 5.02 Å².